The highest BCUT2D eigenvalue weighted by Gasteiger charge is 2.27. The van der Waals surface area contributed by atoms with Gasteiger partial charge < -0.3 is 15.4 Å². The molecule has 0 radical (unpaired) electrons. The van der Waals surface area contributed by atoms with E-state index in [1.165, 1.54) is 0 Å². The van der Waals surface area contributed by atoms with E-state index >= 15 is 0 Å². The normalized spacial score (nSPS) is 19.8. The van der Waals surface area contributed by atoms with Crippen LogP contribution in [0.3, 0.4) is 0 Å². The zero-order valence-corrected chi connectivity index (χ0v) is 8.38. The third kappa shape index (κ3) is 2.97. The first-order chi connectivity index (χ1) is 6.02. The van der Waals surface area contributed by atoms with Crippen molar-refractivity contribution in [3.05, 3.63) is 0 Å². The second-order valence-corrected chi connectivity index (χ2v) is 3.98. The lowest BCUT2D eigenvalue weighted by Crippen LogP contribution is -2.51. The Morgan fingerprint density at radius 3 is 2.69 bits per heavy atom. The Labute approximate surface area is 79.0 Å². The van der Waals surface area contributed by atoms with Crippen molar-refractivity contribution in [2.45, 2.75) is 25.8 Å². The Kier molecular flexibility index (Phi) is 3.27. The van der Waals surface area contributed by atoms with E-state index in [9.17, 15) is 4.79 Å². The van der Waals surface area contributed by atoms with Gasteiger partial charge in [-0.2, -0.15) is 0 Å². The molecule has 0 aromatic carbocycles. The van der Waals surface area contributed by atoms with Crippen LogP contribution in [0.15, 0.2) is 0 Å². The average molecular weight is 186 g/mol. The minimum absolute atomic E-state index is 0.0120. The number of hydrogen-bond acceptors (Lipinski definition) is 3. The monoisotopic (exact) mass is 186 g/mol. The maximum atomic E-state index is 11.7. The van der Waals surface area contributed by atoms with Gasteiger partial charge in [0.1, 0.15) is 0 Å². The molecule has 13 heavy (non-hydrogen) atoms. The highest BCUT2D eigenvalue weighted by molar-refractivity contribution is 5.85. The number of carbonyl (C=O) groups excluding carboxylic acids is 1. The third-order valence-corrected chi connectivity index (χ3v) is 2.06. The molecule has 0 bridgehead atoms. The number of hydrogen-bond donors (Lipinski definition) is 1. The van der Waals surface area contributed by atoms with Crippen molar-refractivity contribution in [2.24, 2.45) is 5.73 Å². The van der Waals surface area contributed by atoms with Gasteiger partial charge >= 0.3 is 0 Å². The maximum Gasteiger partial charge on any atom is 0.242 e. The van der Waals surface area contributed by atoms with Crippen molar-refractivity contribution in [3.63, 3.8) is 0 Å². The van der Waals surface area contributed by atoms with Crippen LogP contribution in [0.25, 0.3) is 0 Å². The van der Waals surface area contributed by atoms with Gasteiger partial charge in [-0.15, -0.1) is 0 Å². The summed E-state index contributed by atoms with van der Waals surface area (Å²) in [5.74, 6) is 0.0120. The molecule has 0 saturated carbocycles. The quantitative estimate of drug-likeness (QED) is 0.626. The highest BCUT2D eigenvalue weighted by Crippen LogP contribution is 2.07. The smallest absolute Gasteiger partial charge is 0.242 e. The maximum absolute atomic E-state index is 11.7. The molecule has 1 aliphatic rings. The van der Waals surface area contributed by atoms with Crippen LogP contribution < -0.4 is 5.73 Å². The van der Waals surface area contributed by atoms with Gasteiger partial charge in [0.25, 0.3) is 0 Å². The van der Waals surface area contributed by atoms with Crippen molar-refractivity contribution in [1.82, 2.24) is 4.90 Å². The van der Waals surface area contributed by atoms with Crippen LogP contribution in [0.4, 0.5) is 0 Å². The van der Waals surface area contributed by atoms with E-state index in [0.717, 1.165) is 19.6 Å². The summed E-state index contributed by atoms with van der Waals surface area (Å²) in [6, 6.07) is 0. The summed E-state index contributed by atoms with van der Waals surface area (Å²) in [5, 5.41) is 0. The molecular formula is C9H18N2O2. The lowest BCUT2D eigenvalue weighted by Gasteiger charge is -2.27. The van der Waals surface area contributed by atoms with Crippen molar-refractivity contribution >= 4 is 5.91 Å². The summed E-state index contributed by atoms with van der Waals surface area (Å²) < 4.78 is 5.25. The molecule has 1 saturated heterocycles. The largest absolute Gasteiger partial charge is 0.380 e. The van der Waals surface area contributed by atoms with Gasteiger partial charge in [-0.25, -0.2) is 0 Å². The molecule has 1 rings (SSSR count). The number of amides is 1. The highest BCUT2D eigenvalue weighted by atomic mass is 16.5. The molecule has 0 aromatic rings. The number of nitrogens with two attached hydrogens (primary N) is 1. The Morgan fingerprint density at radius 1 is 1.38 bits per heavy atom. The molecule has 1 fully saturated rings. The fraction of sp³-hybridized carbons (Fsp3) is 0.889. The van der Waals surface area contributed by atoms with Gasteiger partial charge in [0.05, 0.1) is 12.1 Å². The number of nitrogens with zero attached hydrogens (tertiary/aromatic N) is 1. The van der Waals surface area contributed by atoms with E-state index in [4.69, 9.17) is 10.5 Å². The topological polar surface area (TPSA) is 55.6 Å². The molecule has 0 aromatic heterocycles. The van der Waals surface area contributed by atoms with Crippen LogP contribution in [0.2, 0.25) is 0 Å². The predicted octanol–water partition coefficient (Wildman–Crippen LogP) is -0.0274. The first-order valence-electron chi connectivity index (χ1n) is 4.68. The second kappa shape index (κ2) is 4.07. The van der Waals surface area contributed by atoms with E-state index in [1.807, 2.05) is 0 Å². The van der Waals surface area contributed by atoms with Gasteiger partial charge in [0, 0.05) is 19.7 Å². The molecule has 1 amide bonds. The first kappa shape index (κ1) is 10.5. The molecule has 76 valence electrons. The molecule has 0 unspecified atom stereocenters. The fourth-order valence-electron chi connectivity index (χ4n) is 1.36. The lowest BCUT2D eigenvalue weighted by molar-refractivity contribution is -0.135. The molecule has 0 spiro atoms. The first-order valence-corrected chi connectivity index (χ1v) is 4.68. The Morgan fingerprint density at radius 2 is 2.08 bits per heavy atom. The van der Waals surface area contributed by atoms with Crippen molar-refractivity contribution in [2.75, 3.05) is 26.3 Å². The zero-order chi connectivity index (χ0) is 9.90. The van der Waals surface area contributed by atoms with E-state index in [0.29, 0.717) is 13.2 Å². The van der Waals surface area contributed by atoms with E-state index in [2.05, 4.69) is 0 Å². The summed E-state index contributed by atoms with van der Waals surface area (Å²) >= 11 is 0. The fourth-order valence-corrected chi connectivity index (χ4v) is 1.36. The van der Waals surface area contributed by atoms with Gasteiger partial charge in [-0.3, -0.25) is 4.79 Å². The summed E-state index contributed by atoms with van der Waals surface area (Å²) in [4.78, 5) is 13.5. The van der Waals surface area contributed by atoms with E-state index in [1.54, 1.807) is 18.7 Å². The van der Waals surface area contributed by atoms with Crippen LogP contribution in [0, 0.1) is 0 Å². The average Bonchev–Trinajstić information content (AvgIpc) is 2.28. The predicted molar refractivity (Wildman–Crippen MR) is 50.3 cm³/mol. The van der Waals surface area contributed by atoms with Crippen LogP contribution in [-0.4, -0.2) is 42.6 Å². The van der Waals surface area contributed by atoms with E-state index < -0.39 is 5.54 Å². The third-order valence-electron chi connectivity index (χ3n) is 2.06. The van der Waals surface area contributed by atoms with Crippen molar-refractivity contribution in [1.29, 1.82) is 0 Å². The Bertz CT molecular complexity index is 179. The van der Waals surface area contributed by atoms with Gasteiger partial charge in [-0.05, 0) is 20.3 Å². The van der Waals surface area contributed by atoms with Gasteiger partial charge in [-0.1, -0.05) is 0 Å². The standard InChI is InChI=1S/C9H18N2O2/c1-9(2,10)8(12)11-4-3-6-13-7-5-11/h3-7,10H2,1-2H3. The summed E-state index contributed by atoms with van der Waals surface area (Å²) in [6.07, 6.45) is 0.905. The van der Waals surface area contributed by atoms with Crippen molar-refractivity contribution in [3.8, 4) is 0 Å². The molecule has 4 nitrogen and oxygen atoms in total. The molecule has 0 atom stereocenters. The summed E-state index contributed by atoms with van der Waals surface area (Å²) in [7, 11) is 0. The SMILES string of the molecule is CC(C)(N)C(=O)N1CCCOCC1. The minimum Gasteiger partial charge on any atom is -0.380 e. The van der Waals surface area contributed by atoms with Gasteiger partial charge in [0.15, 0.2) is 0 Å². The van der Waals surface area contributed by atoms with Crippen molar-refractivity contribution < 1.29 is 9.53 Å². The molecule has 1 heterocycles. The van der Waals surface area contributed by atoms with Gasteiger partial charge in [0.2, 0.25) is 5.91 Å². The Hall–Kier alpha value is -0.610. The minimum atomic E-state index is -0.760. The molecule has 2 N–H and O–H groups in total. The van der Waals surface area contributed by atoms with Crippen LogP contribution >= 0.6 is 0 Å². The number of rotatable bonds is 1. The molecule has 1 aliphatic heterocycles. The molecule has 0 aliphatic carbocycles. The summed E-state index contributed by atoms with van der Waals surface area (Å²) in [6.45, 7) is 6.28. The summed E-state index contributed by atoms with van der Waals surface area (Å²) in [5.41, 5.74) is 4.97. The van der Waals surface area contributed by atoms with Crippen LogP contribution in [-0.2, 0) is 9.53 Å². The number of carbonyl (C=O) groups is 1. The lowest BCUT2D eigenvalue weighted by atomic mass is 10.1. The molecule has 4 heteroatoms. The van der Waals surface area contributed by atoms with Crippen LogP contribution in [0.1, 0.15) is 20.3 Å². The number of ether oxygens (including phenoxy) is 1. The van der Waals surface area contributed by atoms with Crippen LogP contribution in [0.5, 0.6) is 0 Å². The van der Waals surface area contributed by atoms with E-state index in [-0.39, 0.29) is 5.91 Å². The second-order valence-electron chi connectivity index (χ2n) is 3.98. The molecular weight excluding hydrogens is 168 g/mol. The zero-order valence-electron chi connectivity index (χ0n) is 8.38. The Balaban J connectivity index is 2.54.